The van der Waals surface area contributed by atoms with Crippen molar-refractivity contribution in [2.45, 2.75) is 56.4 Å². The molecule has 1 saturated carbocycles. The van der Waals surface area contributed by atoms with E-state index >= 15 is 0 Å². The van der Waals surface area contributed by atoms with Crippen LogP contribution in [0.2, 0.25) is 0 Å². The Morgan fingerprint density at radius 2 is 1.94 bits per heavy atom. The van der Waals surface area contributed by atoms with Gasteiger partial charge in [-0.1, -0.05) is 30.3 Å². The molecule has 4 heterocycles. The number of fused-ring (bicyclic) bond motifs is 2. The van der Waals surface area contributed by atoms with Crippen LogP contribution in [-0.4, -0.2) is 63.4 Å². The molecular formula is C25H35N7O. The zero-order valence-corrected chi connectivity index (χ0v) is 19.4. The Bertz CT molecular complexity index is 978. The zero-order chi connectivity index (χ0) is 22.4. The number of aryl methyl sites for hydroxylation is 1. The molecule has 0 radical (unpaired) electrons. The molecule has 2 amide bonds. The Labute approximate surface area is 195 Å². The lowest BCUT2D eigenvalue weighted by molar-refractivity contribution is 0.0521. The summed E-state index contributed by atoms with van der Waals surface area (Å²) in [5.41, 5.74) is 9.62. The quantitative estimate of drug-likeness (QED) is 0.666. The molecule has 8 heteroatoms. The third-order valence-electron chi connectivity index (χ3n) is 8.37. The first-order chi connectivity index (χ1) is 16.2. The summed E-state index contributed by atoms with van der Waals surface area (Å²) in [5.74, 6) is 1.00. The number of hydrogen-bond donors (Lipinski definition) is 3. The highest BCUT2D eigenvalue weighted by molar-refractivity contribution is 5.76. The summed E-state index contributed by atoms with van der Waals surface area (Å²) in [6, 6.07) is 14.1. The van der Waals surface area contributed by atoms with E-state index in [1.54, 1.807) is 0 Å². The molecule has 1 aromatic carbocycles. The summed E-state index contributed by atoms with van der Waals surface area (Å²) >= 11 is 0. The number of aromatic nitrogens is 2. The van der Waals surface area contributed by atoms with Crippen molar-refractivity contribution in [1.82, 2.24) is 35.7 Å². The maximum Gasteiger partial charge on any atom is 0.317 e. The van der Waals surface area contributed by atoms with Crippen molar-refractivity contribution in [3.63, 3.8) is 0 Å². The van der Waals surface area contributed by atoms with Crippen molar-refractivity contribution in [1.29, 1.82) is 0 Å². The van der Waals surface area contributed by atoms with E-state index in [9.17, 15) is 4.79 Å². The number of benzene rings is 1. The summed E-state index contributed by atoms with van der Waals surface area (Å²) in [5, 5.41) is 7.77. The van der Waals surface area contributed by atoms with Crippen LogP contribution in [0.1, 0.15) is 43.0 Å². The standard InChI is InChI=1S/C25H35N7O/c1-30-23(9-10-26-30)24-20-12-18-15-32(25(33)27-21(18)13-22(20)28-29-24)19-8-5-11-31(16-19)14-17-6-3-2-4-7-17/h2-4,6-7,9-10,18-22,24,28-29H,5,8,11-16H2,1H3,(H,27,33)/t18?,19-,20?,21?,22?,24?/m1/s1. The Morgan fingerprint density at radius 1 is 1.06 bits per heavy atom. The van der Waals surface area contributed by atoms with E-state index in [2.05, 4.69) is 67.5 Å². The number of piperidine rings is 1. The smallest absolute Gasteiger partial charge is 0.317 e. The first-order valence-corrected chi connectivity index (χ1v) is 12.5. The van der Waals surface area contributed by atoms with Gasteiger partial charge in [-0.05, 0) is 55.7 Å². The van der Waals surface area contributed by atoms with Gasteiger partial charge < -0.3 is 10.2 Å². The van der Waals surface area contributed by atoms with Gasteiger partial charge in [0.25, 0.3) is 0 Å². The predicted molar refractivity (Wildman–Crippen MR) is 126 cm³/mol. The molecular weight excluding hydrogens is 414 g/mol. The number of carbonyl (C=O) groups is 1. The van der Waals surface area contributed by atoms with Crippen molar-refractivity contribution in [3.8, 4) is 0 Å². The normalized spacial score (nSPS) is 34.6. The molecule has 3 saturated heterocycles. The average molecular weight is 450 g/mol. The molecule has 3 N–H and O–H groups in total. The van der Waals surface area contributed by atoms with Crippen LogP contribution in [-0.2, 0) is 13.6 Å². The number of urea groups is 1. The summed E-state index contributed by atoms with van der Waals surface area (Å²) < 4.78 is 1.98. The van der Waals surface area contributed by atoms with Gasteiger partial charge in [0.1, 0.15) is 0 Å². The molecule has 4 aliphatic rings. The minimum atomic E-state index is 0.135. The largest absolute Gasteiger partial charge is 0.335 e. The van der Waals surface area contributed by atoms with E-state index in [4.69, 9.17) is 0 Å². The zero-order valence-electron chi connectivity index (χ0n) is 19.4. The monoisotopic (exact) mass is 449 g/mol. The minimum Gasteiger partial charge on any atom is -0.335 e. The van der Waals surface area contributed by atoms with Crippen molar-refractivity contribution in [3.05, 3.63) is 53.9 Å². The molecule has 3 aliphatic heterocycles. The van der Waals surface area contributed by atoms with Gasteiger partial charge in [-0.25, -0.2) is 10.2 Å². The van der Waals surface area contributed by atoms with Crippen molar-refractivity contribution in [2.75, 3.05) is 19.6 Å². The van der Waals surface area contributed by atoms with Crippen molar-refractivity contribution in [2.24, 2.45) is 18.9 Å². The topological polar surface area (TPSA) is 77.5 Å². The van der Waals surface area contributed by atoms with Gasteiger partial charge >= 0.3 is 6.03 Å². The number of rotatable bonds is 4. The van der Waals surface area contributed by atoms with Crippen LogP contribution in [0.25, 0.3) is 0 Å². The highest BCUT2D eigenvalue weighted by atomic mass is 16.2. The third kappa shape index (κ3) is 4.05. The highest BCUT2D eigenvalue weighted by Gasteiger charge is 2.49. The Hall–Kier alpha value is -2.42. The van der Waals surface area contributed by atoms with Crippen LogP contribution in [0.15, 0.2) is 42.6 Å². The maximum absolute atomic E-state index is 13.1. The number of amides is 2. The molecule has 1 aromatic heterocycles. The highest BCUT2D eigenvalue weighted by Crippen LogP contribution is 2.42. The van der Waals surface area contributed by atoms with Crippen LogP contribution in [0, 0.1) is 11.8 Å². The minimum absolute atomic E-state index is 0.135. The third-order valence-corrected chi connectivity index (χ3v) is 8.37. The average Bonchev–Trinajstić information content (AvgIpc) is 3.43. The molecule has 8 nitrogen and oxygen atoms in total. The fraction of sp³-hybridized carbons (Fsp3) is 0.600. The van der Waals surface area contributed by atoms with Crippen LogP contribution < -0.4 is 16.2 Å². The van der Waals surface area contributed by atoms with Crippen molar-refractivity contribution >= 4 is 6.03 Å². The van der Waals surface area contributed by atoms with E-state index in [0.717, 1.165) is 51.9 Å². The fourth-order valence-corrected chi connectivity index (χ4v) is 6.68. The molecule has 0 bridgehead atoms. The number of nitrogens with one attached hydrogen (secondary N) is 3. The first kappa shape index (κ1) is 21.1. The molecule has 5 unspecified atom stereocenters. The number of carbonyl (C=O) groups excluding carboxylic acids is 1. The Balaban J connectivity index is 1.13. The predicted octanol–water partition coefficient (Wildman–Crippen LogP) is 2.02. The van der Waals surface area contributed by atoms with Crippen LogP contribution in [0.3, 0.4) is 0 Å². The molecule has 1 aliphatic carbocycles. The van der Waals surface area contributed by atoms with E-state index in [1.165, 1.54) is 11.3 Å². The second-order valence-corrected chi connectivity index (χ2v) is 10.4. The first-order valence-electron chi connectivity index (χ1n) is 12.5. The van der Waals surface area contributed by atoms with Gasteiger partial charge in [-0.2, -0.15) is 5.10 Å². The lowest BCUT2D eigenvalue weighted by Crippen LogP contribution is -2.64. The molecule has 6 atom stereocenters. The molecule has 6 rings (SSSR count). The summed E-state index contributed by atoms with van der Waals surface area (Å²) in [4.78, 5) is 17.8. The van der Waals surface area contributed by atoms with Gasteiger partial charge in [0.2, 0.25) is 0 Å². The van der Waals surface area contributed by atoms with Crippen molar-refractivity contribution < 1.29 is 4.79 Å². The van der Waals surface area contributed by atoms with Crippen LogP contribution in [0.4, 0.5) is 4.79 Å². The van der Waals surface area contributed by atoms with Gasteiger partial charge in [-0.15, -0.1) is 0 Å². The molecule has 2 aromatic rings. The van der Waals surface area contributed by atoms with Gasteiger partial charge in [0.05, 0.1) is 11.7 Å². The summed E-state index contributed by atoms with van der Waals surface area (Å²) in [6.07, 6.45) is 6.23. The number of likely N-dealkylation sites (tertiary alicyclic amines) is 1. The van der Waals surface area contributed by atoms with E-state index in [0.29, 0.717) is 23.9 Å². The summed E-state index contributed by atoms with van der Waals surface area (Å²) in [6.45, 7) is 3.92. The van der Waals surface area contributed by atoms with Gasteiger partial charge in [0.15, 0.2) is 0 Å². The second-order valence-electron chi connectivity index (χ2n) is 10.4. The Morgan fingerprint density at radius 3 is 2.76 bits per heavy atom. The number of hydrogen-bond acceptors (Lipinski definition) is 5. The van der Waals surface area contributed by atoms with E-state index in [1.807, 2.05) is 17.9 Å². The second kappa shape index (κ2) is 8.74. The van der Waals surface area contributed by atoms with Crippen LogP contribution in [0.5, 0.6) is 0 Å². The fourth-order valence-electron chi connectivity index (χ4n) is 6.68. The molecule has 0 spiro atoms. The van der Waals surface area contributed by atoms with E-state index < -0.39 is 0 Å². The molecule has 4 fully saturated rings. The number of nitrogens with zero attached hydrogens (tertiary/aromatic N) is 4. The molecule has 33 heavy (non-hydrogen) atoms. The van der Waals surface area contributed by atoms with Gasteiger partial charge in [-0.3, -0.25) is 15.0 Å². The molecule has 176 valence electrons. The Kier molecular flexibility index (Phi) is 5.60. The van der Waals surface area contributed by atoms with Crippen LogP contribution >= 0.6 is 0 Å². The van der Waals surface area contributed by atoms with E-state index in [-0.39, 0.29) is 18.1 Å². The number of hydrazine groups is 1. The SMILES string of the molecule is Cn1nccc1C1NNC2CC3NC(=O)N([C@@H]4CCCN(Cc5ccccc5)C4)CC3CC21. The maximum atomic E-state index is 13.1. The lowest BCUT2D eigenvalue weighted by atomic mass is 9.71. The van der Waals surface area contributed by atoms with Gasteiger partial charge in [0, 0.05) is 51.0 Å². The summed E-state index contributed by atoms with van der Waals surface area (Å²) in [7, 11) is 2.02. The lowest BCUT2D eigenvalue weighted by Gasteiger charge is -2.49.